The molecule has 2 amide bonds. The summed E-state index contributed by atoms with van der Waals surface area (Å²) in [7, 11) is 0. The molecule has 6 N–H and O–H groups in total. The molecule has 0 aromatic carbocycles. The maximum absolute atomic E-state index is 10.9. The standard InChI is InChI=1S/C8H16N4O2/c9-3-7(13)11-5-1-6(2-5)12-8(14)4-10/h5-6H,1-4,9-10H2,(H,11,13)(H,12,14). The molecular formula is C8H16N4O2. The molecule has 0 radical (unpaired) electrons. The van der Waals surface area contributed by atoms with Gasteiger partial charge in [0.25, 0.3) is 0 Å². The molecule has 1 aliphatic rings. The molecule has 1 fully saturated rings. The molecule has 6 nitrogen and oxygen atoms in total. The molecule has 1 rings (SSSR count). The van der Waals surface area contributed by atoms with Gasteiger partial charge in [0.1, 0.15) is 0 Å². The summed E-state index contributed by atoms with van der Waals surface area (Å²) >= 11 is 0. The summed E-state index contributed by atoms with van der Waals surface area (Å²) in [6, 6.07) is 0.295. The molecule has 1 saturated carbocycles. The van der Waals surface area contributed by atoms with Crippen molar-refractivity contribution < 1.29 is 9.59 Å². The number of rotatable bonds is 4. The largest absolute Gasteiger partial charge is 0.352 e. The fourth-order valence-electron chi connectivity index (χ4n) is 1.43. The Morgan fingerprint density at radius 1 is 1.00 bits per heavy atom. The average Bonchev–Trinajstić information content (AvgIpc) is 2.13. The van der Waals surface area contributed by atoms with Gasteiger partial charge in [-0.25, -0.2) is 0 Å². The Balaban J connectivity index is 2.11. The molecule has 0 aromatic heterocycles. The van der Waals surface area contributed by atoms with Gasteiger partial charge in [0.15, 0.2) is 0 Å². The third-order valence-electron chi connectivity index (χ3n) is 2.24. The molecule has 0 aliphatic heterocycles. The van der Waals surface area contributed by atoms with Crippen LogP contribution in [0.1, 0.15) is 12.8 Å². The van der Waals surface area contributed by atoms with Crippen LogP contribution >= 0.6 is 0 Å². The first-order valence-electron chi connectivity index (χ1n) is 4.64. The van der Waals surface area contributed by atoms with Crippen LogP contribution in [0.2, 0.25) is 0 Å². The zero-order valence-electron chi connectivity index (χ0n) is 7.95. The van der Waals surface area contributed by atoms with Gasteiger partial charge in [0.2, 0.25) is 11.8 Å². The quantitative estimate of drug-likeness (QED) is 0.408. The van der Waals surface area contributed by atoms with E-state index in [1.807, 2.05) is 0 Å². The van der Waals surface area contributed by atoms with Crippen LogP contribution in [0.4, 0.5) is 0 Å². The summed E-state index contributed by atoms with van der Waals surface area (Å²) in [5, 5.41) is 5.48. The first-order valence-corrected chi connectivity index (χ1v) is 4.64. The van der Waals surface area contributed by atoms with Gasteiger partial charge in [-0.2, -0.15) is 0 Å². The SMILES string of the molecule is NCC(=O)NC1CC(NC(=O)CN)C1. The number of nitrogens with one attached hydrogen (secondary N) is 2. The minimum Gasteiger partial charge on any atom is -0.352 e. The van der Waals surface area contributed by atoms with E-state index in [-0.39, 0.29) is 37.0 Å². The lowest BCUT2D eigenvalue weighted by Crippen LogP contribution is -2.55. The lowest BCUT2D eigenvalue weighted by Gasteiger charge is -2.36. The van der Waals surface area contributed by atoms with Crippen molar-refractivity contribution in [1.82, 2.24) is 10.6 Å². The van der Waals surface area contributed by atoms with E-state index in [9.17, 15) is 9.59 Å². The molecular weight excluding hydrogens is 184 g/mol. The van der Waals surface area contributed by atoms with Crippen molar-refractivity contribution in [3.05, 3.63) is 0 Å². The van der Waals surface area contributed by atoms with E-state index in [1.165, 1.54) is 0 Å². The van der Waals surface area contributed by atoms with Crippen molar-refractivity contribution in [3.8, 4) is 0 Å². The normalized spacial score (nSPS) is 25.0. The molecule has 14 heavy (non-hydrogen) atoms. The van der Waals surface area contributed by atoms with Gasteiger partial charge in [-0.15, -0.1) is 0 Å². The Hall–Kier alpha value is -1.14. The van der Waals surface area contributed by atoms with Crippen molar-refractivity contribution in [1.29, 1.82) is 0 Å². The van der Waals surface area contributed by atoms with Gasteiger partial charge in [-0.1, -0.05) is 0 Å². The lowest BCUT2D eigenvalue weighted by molar-refractivity contribution is -0.122. The number of hydrogen-bond donors (Lipinski definition) is 4. The molecule has 0 unspecified atom stereocenters. The van der Waals surface area contributed by atoms with Crippen LogP contribution in [-0.2, 0) is 9.59 Å². The third-order valence-corrected chi connectivity index (χ3v) is 2.24. The van der Waals surface area contributed by atoms with E-state index in [0.717, 1.165) is 12.8 Å². The molecule has 0 saturated heterocycles. The van der Waals surface area contributed by atoms with Gasteiger partial charge in [-0.05, 0) is 12.8 Å². The van der Waals surface area contributed by atoms with Crippen LogP contribution in [0.5, 0.6) is 0 Å². The number of nitrogens with two attached hydrogens (primary N) is 2. The topological polar surface area (TPSA) is 110 Å². The maximum Gasteiger partial charge on any atom is 0.233 e. The van der Waals surface area contributed by atoms with Gasteiger partial charge >= 0.3 is 0 Å². The van der Waals surface area contributed by atoms with E-state index >= 15 is 0 Å². The highest BCUT2D eigenvalue weighted by Crippen LogP contribution is 2.19. The second-order valence-corrected chi connectivity index (χ2v) is 3.41. The van der Waals surface area contributed by atoms with Crippen molar-refractivity contribution >= 4 is 11.8 Å². The number of carbonyl (C=O) groups is 2. The molecule has 0 heterocycles. The first kappa shape index (κ1) is 10.9. The van der Waals surface area contributed by atoms with Crippen molar-refractivity contribution in [2.75, 3.05) is 13.1 Å². The summed E-state index contributed by atoms with van der Waals surface area (Å²) in [5.74, 6) is -0.308. The zero-order chi connectivity index (χ0) is 10.6. The summed E-state index contributed by atoms with van der Waals surface area (Å²) in [6.45, 7) is 0.0205. The maximum atomic E-state index is 10.9. The van der Waals surface area contributed by atoms with Gasteiger partial charge < -0.3 is 22.1 Å². The first-order chi connectivity index (χ1) is 6.65. The van der Waals surface area contributed by atoms with E-state index < -0.39 is 0 Å². The number of carbonyl (C=O) groups excluding carboxylic acids is 2. The molecule has 6 heteroatoms. The predicted octanol–water partition coefficient (Wildman–Crippen LogP) is -2.33. The van der Waals surface area contributed by atoms with Gasteiger partial charge in [0, 0.05) is 12.1 Å². The number of amides is 2. The Morgan fingerprint density at radius 2 is 1.36 bits per heavy atom. The summed E-state index contributed by atoms with van der Waals surface area (Å²) in [6.07, 6.45) is 1.52. The molecule has 0 bridgehead atoms. The zero-order valence-corrected chi connectivity index (χ0v) is 7.95. The predicted molar refractivity (Wildman–Crippen MR) is 51.2 cm³/mol. The Kier molecular flexibility index (Phi) is 3.84. The fourth-order valence-corrected chi connectivity index (χ4v) is 1.43. The van der Waals surface area contributed by atoms with Gasteiger partial charge in [0.05, 0.1) is 13.1 Å². The molecule has 80 valence electrons. The van der Waals surface area contributed by atoms with E-state index in [1.54, 1.807) is 0 Å². The van der Waals surface area contributed by atoms with E-state index in [2.05, 4.69) is 10.6 Å². The average molecular weight is 200 g/mol. The second-order valence-electron chi connectivity index (χ2n) is 3.41. The highest BCUT2D eigenvalue weighted by Gasteiger charge is 2.30. The molecule has 0 aromatic rings. The highest BCUT2D eigenvalue weighted by molar-refractivity contribution is 5.79. The highest BCUT2D eigenvalue weighted by atomic mass is 16.2. The van der Waals surface area contributed by atoms with Crippen molar-refractivity contribution in [2.24, 2.45) is 11.5 Å². The van der Waals surface area contributed by atoms with E-state index in [0.29, 0.717) is 0 Å². The molecule has 0 spiro atoms. The van der Waals surface area contributed by atoms with Crippen molar-refractivity contribution in [2.45, 2.75) is 24.9 Å². The van der Waals surface area contributed by atoms with E-state index in [4.69, 9.17) is 11.5 Å². The summed E-state index contributed by atoms with van der Waals surface area (Å²) in [5.41, 5.74) is 10.3. The minimum absolute atomic E-state index is 0.0102. The van der Waals surface area contributed by atoms with Crippen LogP contribution in [0.3, 0.4) is 0 Å². The minimum atomic E-state index is -0.154. The summed E-state index contributed by atoms with van der Waals surface area (Å²) in [4.78, 5) is 21.7. The van der Waals surface area contributed by atoms with Crippen LogP contribution in [0, 0.1) is 0 Å². The van der Waals surface area contributed by atoms with Crippen molar-refractivity contribution in [3.63, 3.8) is 0 Å². The second kappa shape index (κ2) is 4.92. The smallest absolute Gasteiger partial charge is 0.233 e. The third kappa shape index (κ3) is 2.97. The lowest BCUT2D eigenvalue weighted by atomic mass is 9.86. The van der Waals surface area contributed by atoms with Crippen LogP contribution in [0.25, 0.3) is 0 Å². The number of hydrogen-bond acceptors (Lipinski definition) is 4. The Bertz CT molecular complexity index is 203. The van der Waals surface area contributed by atoms with Crippen LogP contribution < -0.4 is 22.1 Å². The van der Waals surface area contributed by atoms with Crippen LogP contribution in [0.15, 0.2) is 0 Å². The molecule has 1 aliphatic carbocycles. The molecule has 0 atom stereocenters. The fraction of sp³-hybridized carbons (Fsp3) is 0.750. The monoisotopic (exact) mass is 200 g/mol. The van der Waals surface area contributed by atoms with Gasteiger partial charge in [-0.3, -0.25) is 9.59 Å². The summed E-state index contributed by atoms with van der Waals surface area (Å²) < 4.78 is 0. The van der Waals surface area contributed by atoms with Crippen LogP contribution in [-0.4, -0.2) is 37.0 Å². The Morgan fingerprint density at radius 3 is 1.64 bits per heavy atom. The Labute approximate surface area is 82.4 Å².